The first-order chi connectivity index (χ1) is 9.99. The monoisotopic (exact) mass is 328 g/mol. The van der Waals surface area contributed by atoms with Crippen LogP contribution >= 0.6 is 0 Å². The van der Waals surface area contributed by atoms with Crippen molar-refractivity contribution in [2.75, 3.05) is 6.54 Å². The van der Waals surface area contributed by atoms with Crippen LogP contribution in [0.3, 0.4) is 0 Å². The Hall–Kier alpha value is -1.13. The number of carbonyl (C=O) groups is 1. The van der Waals surface area contributed by atoms with Gasteiger partial charge in [-0.2, -0.15) is 0 Å². The van der Waals surface area contributed by atoms with Crippen molar-refractivity contribution in [1.82, 2.24) is 4.90 Å². The number of piperidine rings is 1. The number of hydrogen-bond donors (Lipinski definition) is 0. The second kappa shape index (κ2) is 8.49. The molecule has 5 heteroatoms. The van der Waals surface area contributed by atoms with Crippen LogP contribution in [0.15, 0.2) is 24.3 Å². The van der Waals surface area contributed by atoms with E-state index in [0.29, 0.717) is 18.6 Å². The van der Waals surface area contributed by atoms with E-state index in [-0.39, 0.29) is 24.1 Å². The van der Waals surface area contributed by atoms with Crippen molar-refractivity contribution in [3.63, 3.8) is 0 Å². The van der Waals surface area contributed by atoms with Crippen LogP contribution in [0.2, 0.25) is 0 Å². The predicted molar refractivity (Wildman–Crippen MR) is 80.8 cm³/mol. The lowest BCUT2D eigenvalue weighted by Gasteiger charge is -2.40. The van der Waals surface area contributed by atoms with E-state index < -0.39 is 11.8 Å². The molecule has 1 aromatic rings. The molecule has 0 aliphatic carbocycles. The van der Waals surface area contributed by atoms with Crippen LogP contribution in [-0.4, -0.2) is 35.6 Å². The molecule has 3 nitrogen and oxygen atoms in total. The van der Waals surface area contributed by atoms with Gasteiger partial charge < -0.3 is 17.1 Å². The number of carbonyl (C=O) groups excluding carboxylic acids is 1. The van der Waals surface area contributed by atoms with Gasteiger partial charge in [0.15, 0.2) is 0 Å². The van der Waals surface area contributed by atoms with Crippen molar-refractivity contribution in [3.05, 3.63) is 35.6 Å². The molecule has 1 saturated heterocycles. The molecule has 1 fully saturated rings. The van der Waals surface area contributed by atoms with E-state index >= 15 is 0 Å². The van der Waals surface area contributed by atoms with Crippen molar-refractivity contribution in [1.29, 1.82) is 0 Å². The van der Waals surface area contributed by atoms with Crippen molar-refractivity contribution >= 4 is 5.97 Å². The van der Waals surface area contributed by atoms with Gasteiger partial charge in [0, 0.05) is 18.6 Å². The molecule has 22 heavy (non-hydrogen) atoms. The van der Waals surface area contributed by atoms with Crippen LogP contribution < -0.4 is 12.4 Å². The zero-order valence-corrected chi connectivity index (χ0v) is 14.1. The van der Waals surface area contributed by atoms with E-state index in [1.165, 1.54) is 31.4 Å². The van der Waals surface area contributed by atoms with Gasteiger partial charge in [-0.05, 0) is 45.7 Å². The van der Waals surface area contributed by atoms with E-state index in [0.717, 1.165) is 0 Å². The molecule has 1 aliphatic heterocycles. The van der Waals surface area contributed by atoms with E-state index in [1.54, 1.807) is 12.1 Å². The van der Waals surface area contributed by atoms with Crippen molar-refractivity contribution in [2.24, 2.45) is 0 Å². The summed E-state index contributed by atoms with van der Waals surface area (Å²) in [4.78, 5) is 14.4. The Morgan fingerprint density at radius 1 is 1.32 bits per heavy atom. The summed E-state index contributed by atoms with van der Waals surface area (Å²) >= 11 is 0. The van der Waals surface area contributed by atoms with Crippen LogP contribution in [0.1, 0.15) is 50.4 Å². The maximum absolute atomic E-state index is 13.6. The molecular formula is C17H24ClFNO2-. The fraction of sp³-hybridized carbons (Fsp3) is 0.588. The van der Waals surface area contributed by atoms with Gasteiger partial charge in [-0.15, -0.1) is 0 Å². The summed E-state index contributed by atoms with van der Waals surface area (Å²) in [5.74, 6) is -1.12. The molecule has 2 rings (SSSR count). The third-order valence-electron chi connectivity index (χ3n) is 4.25. The Kier molecular flexibility index (Phi) is 7.30. The van der Waals surface area contributed by atoms with Crippen LogP contribution in [0.25, 0.3) is 0 Å². The number of rotatable bonds is 4. The van der Waals surface area contributed by atoms with Gasteiger partial charge >= 0.3 is 5.97 Å². The highest BCUT2D eigenvalue weighted by Crippen LogP contribution is 2.23. The largest absolute Gasteiger partial charge is 1.00 e. The predicted octanol–water partition coefficient (Wildman–Crippen LogP) is 0.638. The minimum atomic E-state index is -0.585. The molecule has 0 N–H and O–H groups in total. The number of likely N-dealkylation sites (tertiary alicyclic amines) is 1. The molecule has 0 amide bonds. The summed E-state index contributed by atoms with van der Waals surface area (Å²) in [6, 6.07) is 6.94. The molecule has 0 aromatic heterocycles. The third-order valence-corrected chi connectivity index (χ3v) is 4.25. The average molecular weight is 329 g/mol. The van der Waals surface area contributed by atoms with Gasteiger partial charge in [-0.25, -0.2) is 9.18 Å². The normalized spacial score (nSPS) is 23.5. The fourth-order valence-corrected chi connectivity index (χ4v) is 3.04. The molecule has 3 atom stereocenters. The van der Waals surface area contributed by atoms with E-state index in [1.807, 2.05) is 6.92 Å². The highest BCUT2D eigenvalue weighted by Gasteiger charge is 2.27. The van der Waals surface area contributed by atoms with Crippen LogP contribution in [0, 0.1) is 5.82 Å². The first kappa shape index (κ1) is 18.9. The molecule has 0 radical (unpaired) electrons. The van der Waals surface area contributed by atoms with Gasteiger partial charge in [-0.3, -0.25) is 4.90 Å². The van der Waals surface area contributed by atoms with E-state index in [4.69, 9.17) is 4.74 Å². The summed E-state index contributed by atoms with van der Waals surface area (Å²) in [7, 11) is 0. The van der Waals surface area contributed by atoms with Gasteiger partial charge in [0.25, 0.3) is 0 Å². The fourth-order valence-electron chi connectivity index (χ4n) is 3.04. The number of hydrogen-bond acceptors (Lipinski definition) is 3. The summed E-state index contributed by atoms with van der Waals surface area (Å²) < 4.78 is 19.0. The molecule has 0 bridgehead atoms. The van der Waals surface area contributed by atoms with Gasteiger partial charge in [-0.1, -0.05) is 18.6 Å². The Bertz CT molecular complexity index is 487. The summed E-state index contributed by atoms with van der Waals surface area (Å²) in [5.41, 5.74) is 0.00379. The molecule has 124 valence electrons. The third kappa shape index (κ3) is 4.68. The Morgan fingerprint density at radius 3 is 2.50 bits per heavy atom. The Morgan fingerprint density at radius 2 is 1.91 bits per heavy atom. The molecule has 0 saturated carbocycles. The topological polar surface area (TPSA) is 29.5 Å². The number of nitrogens with zero attached hydrogens (tertiary/aromatic N) is 1. The minimum Gasteiger partial charge on any atom is -1.00 e. The summed E-state index contributed by atoms with van der Waals surface area (Å²) in [6.45, 7) is 6.98. The Labute approximate surface area is 138 Å². The highest BCUT2D eigenvalue weighted by molar-refractivity contribution is 5.89. The summed E-state index contributed by atoms with van der Waals surface area (Å²) in [5, 5.41) is 0. The van der Waals surface area contributed by atoms with E-state index in [9.17, 15) is 9.18 Å². The lowest BCUT2D eigenvalue weighted by Crippen LogP contribution is -3.00. The summed E-state index contributed by atoms with van der Waals surface area (Å²) in [6.07, 6.45) is 3.36. The molecular weight excluding hydrogens is 305 g/mol. The van der Waals surface area contributed by atoms with Crippen molar-refractivity contribution in [2.45, 2.75) is 58.2 Å². The first-order valence-corrected chi connectivity index (χ1v) is 7.70. The zero-order valence-electron chi connectivity index (χ0n) is 13.4. The van der Waals surface area contributed by atoms with Crippen LogP contribution in [0.5, 0.6) is 0 Å². The second-order valence-corrected chi connectivity index (χ2v) is 6.02. The number of ether oxygens (including phenoxy) is 1. The lowest BCUT2D eigenvalue weighted by atomic mass is 9.97. The number of halogens is 2. The second-order valence-electron chi connectivity index (χ2n) is 6.02. The highest BCUT2D eigenvalue weighted by atomic mass is 35.5. The maximum Gasteiger partial charge on any atom is 0.341 e. The van der Waals surface area contributed by atoms with E-state index in [2.05, 4.69) is 18.7 Å². The SMILES string of the molecule is CC(CN1C(C)CCCC1C)OC(=O)c1ccccc1F.[Cl-]. The van der Waals surface area contributed by atoms with Crippen molar-refractivity contribution in [3.8, 4) is 0 Å². The van der Waals surface area contributed by atoms with Gasteiger partial charge in [0.05, 0.1) is 5.56 Å². The van der Waals surface area contributed by atoms with Crippen LogP contribution in [-0.2, 0) is 4.74 Å². The molecule has 1 aliphatic rings. The molecule has 1 heterocycles. The lowest BCUT2D eigenvalue weighted by molar-refractivity contribution is -0.0000802. The molecule has 3 unspecified atom stereocenters. The molecule has 0 spiro atoms. The van der Waals surface area contributed by atoms with Crippen LogP contribution in [0.4, 0.5) is 4.39 Å². The smallest absolute Gasteiger partial charge is 0.341 e. The Balaban J connectivity index is 0.00000242. The minimum absolute atomic E-state index is 0. The number of benzene rings is 1. The standard InChI is InChI=1S/C17H24FNO2.ClH/c1-12-7-6-8-13(2)19(12)11-14(3)21-17(20)15-9-4-5-10-16(15)18;/h4-5,9-10,12-14H,6-8,11H2,1-3H3;1H/p-1. The van der Waals surface area contributed by atoms with Gasteiger partial charge in [0.2, 0.25) is 0 Å². The quantitative estimate of drug-likeness (QED) is 0.760. The maximum atomic E-state index is 13.6. The number of esters is 1. The molecule has 1 aromatic carbocycles. The van der Waals surface area contributed by atoms with Crippen molar-refractivity contribution < 1.29 is 26.3 Å². The first-order valence-electron chi connectivity index (χ1n) is 7.70. The average Bonchev–Trinajstić information content (AvgIpc) is 2.43. The van der Waals surface area contributed by atoms with Gasteiger partial charge in [0.1, 0.15) is 11.9 Å². The zero-order chi connectivity index (χ0) is 15.4.